The van der Waals surface area contributed by atoms with Crippen LogP contribution in [0, 0.1) is 11.3 Å². The topological polar surface area (TPSA) is 82.8 Å². The summed E-state index contributed by atoms with van der Waals surface area (Å²) < 4.78 is 26.3. The van der Waals surface area contributed by atoms with Crippen molar-refractivity contribution in [2.75, 3.05) is 6.54 Å². The van der Waals surface area contributed by atoms with Crippen LogP contribution in [0.1, 0.15) is 18.9 Å². The highest BCUT2D eigenvalue weighted by Crippen LogP contribution is 2.16. The third kappa shape index (κ3) is 3.57. The Morgan fingerprint density at radius 1 is 1.33 bits per heavy atom. The van der Waals surface area contributed by atoms with E-state index in [0.29, 0.717) is 6.42 Å². The molecule has 0 aliphatic rings. The summed E-state index contributed by atoms with van der Waals surface area (Å²) in [6.07, 6.45) is 2.54. The minimum Gasteiger partial charge on any atom is -0.256 e. The van der Waals surface area contributed by atoms with E-state index in [4.69, 9.17) is 5.26 Å². The molecule has 1 aromatic heterocycles. The van der Waals surface area contributed by atoms with Gasteiger partial charge in [-0.3, -0.25) is 4.98 Å². The Kier molecular flexibility index (Phi) is 4.89. The van der Waals surface area contributed by atoms with Crippen molar-refractivity contribution in [3.63, 3.8) is 0 Å². The van der Waals surface area contributed by atoms with Crippen molar-refractivity contribution in [3.05, 3.63) is 42.1 Å². The summed E-state index contributed by atoms with van der Waals surface area (Å²) >= 11 is 0. The molecule has 21 heavy (non-hydrogen) atoms. The zero-order chi connectivity index (χ0) is 15.3. The maximum atomic E-state index is 11.9. The van der Waals surface area contributed by atoms with Crippen LogP contribution in [0.25, 0.3) is 10.9 Å². The smallest absolute Gasteiger partial charge is 0.227 e. The van der Waals surface area contributed by atoms with E-state index in [1.54, 1.807) is 13.1 Å². The van der Waals surface area contributed by atoms with Gasteiger partial charge in [-0.15, -0.1) is 0 Å². The fraction of sp³-hybridized carbons (Fsp3) is 0.333. The van der Waals surface area contributed by atoms with Crippen molar-refractivity contribution >= 4 is 20.9 Å². The first kappa shape index (κ1) is 15.4. The van der Waals surface area contributed by atoms with Gasteiger partial charge in [0, 0.05) is 18.1 Å². The summed E-state index contributed by atoms with van der Waals surface area (Å²) in [6.45, 7) is 1.94. The number of pyridine rings is 1. The molecule has 0 saturated carbocycles. The highest BCUT2D eigenvalue weighted by atomic mass is 32.2. The van der Waals surface area contributed by atoms with Crippen LogP contribution in [-0.4, -0.2) is 25.2 Å². The van der Waals surface area contributed by atoms with E-state index in [-0.39, 0.29) is 13.0 Å². The quantitative estimate of drug-likeness (QED) is 0.884. The van der Waals surface area contributed by atoms with Crippen molar-refractivity contribution in [3.8, 4) is 6.07 Å². The zero-order valence-electron chi connectivity index (χ0n) is 11.8. The second-order valence-corrected chi connectivity index (χ2v) is 6.66. The molecule has 0 radical (unpaired) electrons. The van der Waals surface area contributed by atoms with Crippen LogP contribution in [0.3, 0.4) is 0 Å². The lowest BCUT2D eigenvalue weighted by Crippen LogP contribution is -2.34. The maximum absolute atomic E-state index is 11.9. The standard InChI is InChI=1S/C15H17N3O2S/c1-2-14(11-16)21(19,20)18-10-8-13-6-3-5-12-7-4-9-17-15(12)13/h3-7,9,14,18H,2,8,10H2,1H3. The van der Waals surface area contributed by atoms with E-state index in [0.717, 1.165) is 16.5 Å². The third-order valence-corrected chi connectivity index (χ3v) is 5.10. The minimum absolute atomic E-state index is 0.260. The van der Waals surface area contributed by atoms with E-state index in [1.807, 2.05) is 36.4 Å². The SMILES string of the molecule is CCC(C#N)S(=O)(=O)NCCc1cccc2cccnc12. The normalized spacial score (nSPS) is 13.0. The largest absolute Gasteiger partial charge is 0.256 e. The molecule has 0 saturated heterocycles. The van der Waals surface area contributed by atoms with Crippen LogP contribution in [0.2, 0.25) is 0 Å². The predicted octanol–water partition coefficient (Wildman–Crippen LogP) is 2.00. The van der Waals surface area contributed by atoms with Gasteiger partial charge in [0.1, 0.15) is 0 Å². The highest BCUT2D eigenvalue weighted by molar-refractivity contribution is 7.90. The molecular formula is C15H17N3O2S. The molecule has 0 bridgehead atoms. The first-order chi connectivity index (χ1) is 10.1. The maximum Gasteiger partial charge on any atom is 0.227 e. The van der Waals surface area contributed by atoms with E-state index < -0.39 is 15.3 Å². The summed E-state index contributed by atoms with van der Waals surface area (Å²) in [5, 5.41) is 8.87. The van der Waals surface area contributed by atoms with Crippen LogP contribution >= 0.6 is 0 Å². The highest BCUT2D eigenvalue weighted by Gasteiger charge is 2.22. The first-order valence-electron chi connectivity index (χ1n) is 6.79. The number of para-hydroxylation sites is 1. The molecular weight excluding hydrogens is 286 g/mol. The summed E-state index contributed by atoms with van der Waals surface area (Å²) in [7, 11) is -3.58. The predicted molar refractivity (Wildman–Crippen MR) is 82.1 cm³/mol. The average molecular weight is 303 g/mol. The van der Waals surface area contributed by atoms with Gasteiger partial charge in [0.25, 0.3) is 0 Å². The summed E-state index contributed by atoms with van der Waals surface area (Å²) in [5.41, 5.74) is 1.87. The Morgan fingerprint density at radius 3 is 2.81 bits per heavy atom. The van der Waals surface area contributed by atoms with Gasteiger partial charge in [-0.05, 0) is 24.5 Å². The van der Waals surface area contributed by atoms with Gasteiger partial charge >= 0.3 is 0 Å². The van der Waals surface area contributed by atoms with Gasteiger partial charge in [0.2, 0.25) is 10.0 Å². The van der Waals surface area contributed by atoms with Crippen LogP contribution in [-0.2, 0) is 16.4 Å². The molecule has 1 unspecified atom stereocenters. The molecule has 0 amide bonds. The summed E-state index contributed by atoms with van der Waals surface area (Å²) in [6, 6.07) is 11.5. The number of fused-ring (bicyclic) bond motifs is 1. The molecule has 2 rings (SSSR count). The van der Waals surface area contributed by atoms with Gasteiger partial charge in [-0.2, -0.15) is 5.26 Å². The molecule has 110 valence electrons. The fourth-order valence-electron chi connectivity index (χ4n) is 2.18. The Bertz CT molecular complexity index is 761. The van der Waals surface area contributed by atoms with Crippen LogP contribution in [0.15, 0.2) is 36.5 Å². The minimum atomic E-state index is -3.58. The van der Waals surface area contributed by atoms with E-state index in [9.17, 15) is 8.42 Å². The first-order valence-corrected chi connectivity index (χ1v) is 8.34. The monoisotopic (exact) mass is 303 g/mol. The van der Waals surface area contributed by atoms with Gasteiger partial charge < -0.3 is 0 Å². The van der Waals surface area contributed by atoms with Crippen molar-refractivity contribution < 1.29 is 8.42 Å². The lowest BCUT2D eigenvalue weighted by Gasteiger charge is -2.10. The van der Waals surface area contributed by atoms with Gasteiger partial charge in [0.05, 0.1) is 11.6 Å². The second kappa shape index (κ2) is 6.66. The number of nitriles is 1. The number of aromatic nitrogens is 1. The van der Waals surface area contributed by atoms with Crippen LogP contribution in [0.4, 0.5) is 0 Å². The number of hydrogen-bond acceptors (Lipinski definition) is 4. The van der Waals surface area contributed by atoms with E-state index in [2.05, 4.69) is 9.71 Å². The van der Waals surface area contributed by atoms with Gasteiger partial charge in [-0.25, -0.2) is 13.1 Å². The number of benzene rings is 1. The molecule has 1 heterocycles. The molecule has 1 N–H and O–H groups in total. The third-order valence-electron chi connectivity index (χ3n) is 3.30. The molecule has 0 fully saturated rings. The van der Waals surface area contributed by atoms with Gasteiger partial charge in [-0.1, -0.05) is 31.2 Å². The van der Waals surface area contributed by atoms with E-state index in [1.165, 1.54) is 0 Å². The molecule has 0 aliphatic heterocycles. The molecule has 1 atom stereocenters. The average Bonchev–Trinajstić information content (AvgIpc) is 2.48. The molecule has 2 aromatic rings. The van der Waals surface area contributed by atoms with Crippen molar-refractivity contribution in [2.45, 2.75) is 25.0 Å². The Hall–Kier alpha value is -1.97. The fourth-order valence-corrected chi connectivity index (χ4v) is 3.34. The zero-order valence-corrected chi connectivity index (χ0v) is 12.6. The molecule has 1 aromatic carbocycles. The number of sulfonamides is 1. The number of rotatable bonds is 6. The molecule has 0 spiro atoms. The Morgan fingerprint density at radius 2 is 2.10 bits per heavy atom. The van der Waals surface area contributed by atoms with Gasteiger partial charge in [0.15, 0.2) is 5.25 Å². The molecule has 5 nitrogen and oxygen atoms in total. The summed E-state index contributed by atoms with van der Waals surface area (Å²) in [4.78, 5) is 4.33. The number of nitrogens with one attached hydrogen (secondary N) is 1. The van der Waals surface area contributed by atoms with Crippen molar-refractivity contribution in [2.24, 2.45) is 0 Å². The summed E-state index contributed by atoms with van der Waals surface area (Å²) in [5.74, 6) is 0. The molecule has 0 aliphatic carbocycles. The van der Waals surface area contributed by atoms with Crippen LogP contribution < -0.4 is 4.72 Å². The van der Waals surface area contributed by atoms with E-state index >= 15 is 0 Å². The number of hydrogen-bond donors (Lipinski definition) is 1. The van der Waals surface area contributed by atoms with Crippen molar-refractivity contribution in [1.82, 2.24) is 9.71 Å². The lowest BCUT2D eigenvalue weighted by molar-refractivity contribution is 0.573. The van der Waals surface area contributed by atoms with Crippen LogP contribution in [0.5, 0.6) is 0 Å². The Balaban J connectivity index is 2.08. The molecule has 6 heteroatoms. The second-order valence-electron chi connectivity index (χ2n) is 4.71. The number of nitrogens with zero attached hydrogens (tertiary/aromatic N) is 2. The lowest BCUT2D eigenvalue weighted by atomic mass is 10.1. The Labute approximate surface area is 124 Å². The van der Waals surface area contributed by atoms with Crippen molar-refractivity contribution in [1.29, 1.82) is 5.26 Å².